The number of alkyl halides is 2. The smallest absolute Gasteiger partial charge is 0.263 e. The van der Waals surface area contributed by atoms with Crippen LogP contribution in [0, 0.1) is 0 Å². The predicted octanol–water partition coefficient (Wildman–Crippen LogP) is 1.76. The normalized spacial score (nSPS) is 21.2. The number of benzene rings is 1. The quantitative estimate of drug-likeness (QED) is 0.862. The fourth-order valence-electron chi connectivity index (χ4n) is 1.78. The Bertz CT molecular complexity index is 488. The maximum Gasteiger partial charge on any atom is 0.263 e. The van der Waals surface area contributed by atoms with Crippen LogP contribution in [-0.2, 0) is 4.79 Å². The molecule has 2 rings (SSSR count). The van der Waals surface area contributed by atoms with Gasteiger partial charge in [0.05, 0.1) is 0 Å². The Morgan fingerprint density at radius 2 is 2.22 bits per heavy atom. The van der Waals surface area contributed by atoms with Gasteiger partial charge < -0.3 is 5.32 Å². The van der Waals surface area contributed by atoms with Crippen molar-refractivity contribution in [3.05, 3.63) is 35.4 Å². The van der Waals surface area contributed by atoms with Crippen molar-refractivity contribution in [2.45, 2.75) is 19.4 Å². The molecule has 1 atom stereocenters. The van der Waals surface area contributed by atoms with Gasteiger partial charge in [-0.3, -0.25) is 15.1 Å². The van der Waals surface area contributed by atoms with Crippen LogP contribution in [-0.4, -0.2) is 18.4 Å². The summed E-state index contributed by atoms with van der Waals surface area (Å²) in [7, 11) is 0. The van der Waals surface area contributed by atoms with Crippen molar-refractivity contribution >= 4 is 11.9 Å². The summed E-state index contributed by atoms with van der Waals surface area (Å²) in [5.41, 5.74) is 0.412. The van der Waals surface area contributed by atoms with Crippen LogP contribution >= 0.6 is 0 Å². The third-order valence-corrected chi connectivity index (χ3v) is 2.60. The number of nitrogens with one attached hydrogen (secondary N) is 2. The van der Waals surface area contributed by atoms with Crippen molar-refractivity contribution in [2.24, 2.45) is 4.99 Å². The van der Waals surface area contributed by atoms with Crippen molar-refractivity contribution in [1.29, 1.82) is 0 Å². The van der Waals surface area contributed by atoms with E-state index in [1.54, 1.807) is 6.07 Å². The van der Waals surface area contributed by atoms with E-state index in [2.05, 4.69) is 15.6 Å². The molecule has 1 aromatic carbocycles. The summed E-state index contributed by atoms with van der Waals surface area (Å²) in [5, 5.41) is 5.43. The van der Waals surface area contributed by atoms with Crippen LogP contribution in [0.1, 0.15) is 30.5 Å². The third kappa shape index (κ3) is 2.47. The fraction of sp³-hybridized carbons (Fsp3) is 0.333. The first-order valence-corrected chi connectivity index (χ1v) is 5.61. The van der Waals surface area contributed by atoms with Gasteiger partial charge in [0.25, 0.3) is 12.3 Å². The van der Waals surface area contributed by atoms with Gasteiger partial charge in [0.2, 0.25) is 0 Å². The summed E-state index contributed by atoms with van der Waals surface area (Å²) >= 11 is 0. The van der Waals surface area contributed by atoms with Gasteiger partial charge in [0.1, 0.15) is 6.04 Å². The molecule has 1 heterocycles. The van der Waals surface area contributed by atoms with Crippen LogP contribution in [0.4, 0.5) is 8.78 Å². The molecule has 0 bridgehead atoms. The zero-order valence-electron chi connectivity index (χ0n) is 9.78. The van der Waals surface area contributed by atoms with Crippen LogP contribution in [0.2, 0.25) is 0 Å². The Morgan fingerprint density at radius 3 is 2.89 bits per heavy atom. The minimum atomic E-state index is -2.54. The highest BCUT2D eigenvalue weighted by molar-refractivity contribution is 6.06. The lowest BCUT2D eigenvalue weighted by molar-refractivity contribution is -0.120. The zero-order valence-corrected chi connectivity index (χ0v) is 9.78. The van der Waals surface area contributed by atoms with Crippen LogP contribution in [0.15, 0.2) is 29.3 Å². The highest BCUT2D eigenvalue weighted by atomic mass is 19.3. The van der Waals surface area contributed by atoms with E-state index in [4.69, 9.17) is 0 Å². The Balaban J connectivity index is 2.24. The molecule has 0 saturated carbocycles. The number of guanidine groups is 1. The van der Waals surface area contributed by atoms with Gasteiger partial charge in [-0.15, -0.1) is 0 Å². The van der Waals surface area contributed by atoms with Gasteiger partial charge >= 0.3 is 0 Å². The van der Waals surface area contributed by atoms with Gasteiger partial charge in [-0.1, -0.05) is 18.2 Å². The molecule has 6 heteroatoms. The van der Waals surface area contributed by atoms with Crippen molar-refractivity contribution in [1.82, 2.24) is 10.6 Å². The first-order chi connectivity index (χ1) is 8.61. The number of halogens is 2. The second-order valence-electron chi connectivity index (χ2n) is 3.86. The molecule has 1 fully saturated rings. The molecular weight excluding hydrogens is 240 g/mol. The maximum absolute atomic E-state index is 12.6. The van der Waals surface area contributed by atoms with E-state index in [-0.39, 0.29) is 11.5 Å². The average molecular weight is 253 g/mol. The number of rotatable bonds is 3. The number of hydrogen-bond acceptors (Lipinski definition) is 2. The summed E-state index contributed by atoms with van der Waals surface area (Å²) in [6.45, 7) is 2.37. The Kier molecular flexibility index (Phi) is 3.55. The van der Waals surface area contributed by atoms with Crippen molar-refractivity contribution < 1.29 is 13.6 Å². The van der Waals surface area contributed by atoms with Gasteiger partial charge in [-0.25, -0.2) is 8.78 Å². The molecule has 4 nitrogen and oxygen atoms in total. The molecule has 1 unspecified atom stereocenters. The minimum absolute atomic E-state index is 0.0945. The Morgan fingerprint density at radius 1 is 1.44 bits per heavy atom. The standard InChI is InChI=1S/C12H13F2N3O/c1-2-15-12-16-9(11(18)17-12)7-4-3-5-8(6-7)10(13)14/h3-6,9-10H,2H2,1H3,(H2,15,16,17,18). The van der Waals surface area contributed by atoms with E-state index >= 15 is 0 Å². The van der Waals surface area contributed by atoms with Gasteiger partial charge in [0.15, 0.2) is 5.96 Å². The lowest BCUT2D eigenvalue weighted by Crippen LogP contribution is -2.25. The first-order valence-electron chi connectivity index (χ1n) is 5.61. The van der Waals surface area contributed by atoms with Crippen molar-refractivity contribution in [2.75, 3.05) is 6.54 Å². The lowest BCUT2D eigenvalue weighted by atomic mass is 10.0. The number of aliphatic imine (C=N–C) groups is 1. The van der Waals surface area contributed by atoms with Gasteiger partial charge in [0, 0.05) is 12.1 Å². The second kappa shape index (κ2) is 5.12. The fourth-order valence-corrected chi connectivity index (χ4v) is 1.78. The highest BCUT2D eigenvalue weighted by Gasteiger charge is 2.29. The molecular formula is C12H13F2N3O. The third-order valence-electron chi connectivity index (χ3n) is 2.60. The molecule has 0 aliphatic carbocycles. The zero-order chi connectivity index (χ0) is 13.1. The molecule has 18 heavy (non-hydrogen) atoms. The molecule has 1 aromatic rings. The van der Waals surface area contributed by atoms with Crippen molar-refractivity contribution in [3.63, 3.8) is 0 Å². The van der Waals surface area contributed by atoms with Gasteiger partial charge in [-0.2, -0.15) is 0 Å². The molecule has 0 radical (unpaired) electrons. The Labute approximate surface area is 103 Å². The summed E-state index contributed by atoms with van der Waals surface area (Å²) in [6.07, 6.45) is -2.54. The van der Waals surface area contributed by atoms with E-state index < -0.39 is 12.5 Å². The van der Waals surface area contributed by atoms with Crippen LogP contribution in [0.25, 0.3) is 0 Å². The predicted molar refractivity (Wildman–Crippen MR) is 63.4 cm³/mol. The molecule has 2 N–H and O–H groups in total. The molecule has 96 valence electrons. The second-order valence-corrected chi connectivity index (χ2v) is 3.86. The van der Waals surface area contributed by atoms with E-state index in [9.17, 15) is 13.6 Å². The summed E-state index contributed by atoms with van der Waals surface area (Å²) in [5.74, 6) is 0.101. The maximum atomic E-state index is 12.6. The van der Waals surface area contributed by atoms with Crippen LogP contribution < -0.4 is 10.6 Å². The molecule has 1 amide bonds. The Hall–Kier alpha value is -1.98. The number of carbonyl (C=O) groups is 1. The SMILES string of the molecule is CCN=C1NC(=O)C(c2cccc(C(F)F)c2)N1. The van der Waals surface area contributed by atoms with Gasteiger partial charge in [-0.05, 0) is 18.6 Å². The number of nitrogens with zero attached hydrogens (tertiary/aromatic N) is 1. The van der Waals surface area contributed by atoms with Crippen LogP contribution in [0.5, 0.6) is 0 Å². The summed E-state index contributed by atoms with van der Waals surface area (Å²) < 4.78 is 25.2. The highest BCUT2D eigenvalue weighted by Crippen LogP contribution is 2.23. The number of hydrogen-bond donors (Lipinski definition) is 2. The molecule has 1 aliphatic heterocycles. The first kappa shape index (κ1) is 12.5. The number of carbonyl (C=O) groups excluding carboxylic acids is 1. The minimum Gasteiger partial charge on any atom is -0.340 e. The van der Waals surface area contributed by atoms with Crippen LogP contribution in [0.3, 0.4) is 0 Å². The largest absolute Gasteiger partial charge is 0.340 e. The summed E-state index contributed by atoms with van der Waals surface area (Å²) in [4.78, 5) is 15.7. The topological polar surface area (TPSA) is 53.5 Å². The molecule has 0 aromatic heterocycles. The molecule has 0 spiro atoms. The average Bonchev–Trinajstić information content (AvgIpc) is 2.71. The van der Waals surface area contributed by atoms with E-state index in [0.717, 1.165) is 0 Å². The van der Waals surface area contributed by atoms with Crippen molar-refractivity contribution in [3.8, 4) is 0 Å². The molecule has 1 aliphatic rings. The monoisotopic (exact) mass is 253 g/mol. The summed E-state index contributed by atoms with van der Waals surface area (Å²) in [6, 6.07) is 5.16. The number of amides is 1. The molecule has 1 saturated heterocycles. The van der Waals surface area contributed by atoms with E-state index in [1.807, 2.05) is 6.92 Å². The lowest BCUT2D eigenvalue weighted by Gasteiger charge is -2.09. The van der Waals surface area contributed by atoms with E-state index in [1.165, 1.54) is 18.2 Å². The van der Waals surface area contributed by atoms with E-state index in [0.29, 0.717) is 18.1 Å².